The fraction of sp³-hybridized carbons (Fsp3) is 0.364. The molecule has 0 fully saturated rings. The summed E-state index contributed by atoms with van der Waals surface area (Å²) < 4.78 is 7.47. The second-order valence-electron chi connectivity index (χ2n) is 7.29. The van der Waals surface area contributed by atoms with Crippen molar-refractivity contribution in [1.29, 1.82) is 0 Å². The second-order valence-corrected chi connectivity index (χ2v) is 7.29. The van der Waals surface area contributed by atoms with Gasteiger partial charge in [-0.05, 0) is 30.5 Å². The van der Waals surface area contributed by atoms with Gasteiger partial charge < -0.3 is 14.6 Å². The highest BCUT2D eigenvalue weighted by Gasteiger charge is 2.23. The number of nitrogens with one attached hydrogen (secondary N) is 1. The minimum atomic E-state index is -0.336. The number of rotatable bonds is 8. The Kier molecular flexibility index (Phi) is 6.53. The van der Waals surface area contributed by atoms with Gasteiger partial charge in [0.05, 0.1) is 19.0 Å². The van der Waals surface area contributed by atoms with Crippen LogP contribution in [0.1, 0.15) is 43.7 Å². The first-order valence-electron chi connectivity index (χ1n) is 9.72. The van der Waals surface area contributed by atoms with E-state index < -0.39 is 0 Å². The van der Waals surface area contributed by atoms with Gasteiger partial charge in [0.2, 0.25) is 0 Å². The third kappa shape index (κ3) is 5.03. The summed E-state index contributed by atoms with van der Waals surface area (Å²) in [7, 11) is 0. The molecule has 2 aromatic heterocycles. The fourth-order valence-electron chi connectivity index (χ4n) is 3.18. The normalized spacial score (nSPS) is 12.1. The van der Waals surface area contributed by atoms with Gasteiger partial charge in [0.25, 0.3) is 0 Å². The van der Waals surface area contributed by atoms with E-state index >= 15 is 0 Å². The molecule has 0 bridgehead atoms. The Hall–Kier alpha value is -3.02. The van der Waals surface area contributed by atoms with Crippen LogP contribution in [0.25, 0.3) is 0 Å². The van der Waals surface area contributed by atoms with E-state index in [4.69, 9.17) is 4.42 Å². The molecule has 1 aromatic carbocycles. The molecule has 0 saturated carbocycles. The zero-order valence-corrected chi connectivity index (χ0v) is 16.7. The Morgan fingerprint density at radius 2 is 2.00 bits per heavy atom. The van der Waals surface area contributed by atoms with Crippen molar-refractivity contribution in [3.05, 3.63) is 78.0 Å². The van der Waals surface area contributed by atoms with Crippen LogP contribution in [0.5, 0.6) is 0 Å². The first-order valence-corrected chi connectivity index (χ1v) is 9.72. The number of amides is 2. The van der Waals surface area contributed by atoms with Gasteiger partial charge in [-0.1, -0.05) is 44.2 Å². The molecule has 1 N–H and O–H groups in total. The quantitative estimate of drug-likeness (QED) is 0.628. The van der Waals surface area contributed by atoms with Crippen LogP contribution in [0, 0.1) is 5.92 Å². The summed E-state index contributed by atoms with van der Waals surface area (Å²) in [6.45, 7) is 8.24. The van der Waals surface area contributed by atoms with Crippen LogP contribution >= 0.6 is 0 Å². The van der Waals surface area contributed by atoms with Crippen LogP contribution in [0.2, 0.25) is 0 Å². The minimum absolute atomic E-state index is 0.122. The topological polar surface area (TPSA) is 63.3 Å². The predicted octanol–water partition coefficient (Wildman–Crippen LogP) is 4.45. The van der Waals surface area contributed by atoms with Crippen molar-refractivity contribution in [3.8, 4) is 0 Å². The second kappa shape index (κ2) is 9.26. The molecule has 0 saturated heterocycles. The SMILES string of the molecule is CCn1cc(CN(CC(C)C)C(=O)N[C@H](c2ccccc2)c2ccco2)cn1. The van der Waals surface area contributed by atoms with E-state index in [-0.39, 0.29) is 12.1 Å². The molecule has 1 atom stereocenters. The Bertz CT molecular complexity index is 856. The predicted molar refractivity (Wildman–Crippen MR) is 109 cm³/mol. The Morgan fingerprint density at radius 1 is 1.21 bits per heavy atom. The van der Waals surface area contributed by atoms with E-state index in [9.17, 15) is 4.79 Å². The Labute approximate surface area is 166 Å². The van der Waals surface area contributed by atoms with Crippen LogP contribution in [-0.4, -0.2) is 27.3 Å². The number of urea groups is 1. The molecule has 6 heteroatoms. The standard InChI is InChI=1S/C22H28N4O2/c1-4-26-16-18(13-23-26)15-25(14-17(2)3)22(27)24-21(20-11-8-12-28-20)19-9-6-5-7-10-19/h5-13,16-17,21H,4,14-15H2,1-3H3,(H,24,27)/t21-/m1/s1. The summed E-state index contributed by atoms with van der Waals surface area (Å²) in [6.07, 6.45) is 5.44. The summed E-state index contributed by atoms with van der Waals surface area (Å²) in [4.78, 5) is 15.0. The first-order chi connectivity index (χ1) is 13.6. The molecule has 0 radical (unpaired) electrons. The average Bonchev–Trinajstić information content (AvgIpc) is 3.37. The van der Waals surface area contributed by atoms with E-state index in [2.05, 4.69) is 24.3 Å². The van der Waals surface area contributed by atoms with Crippen molar-refractivity contribution in [2.45, 2.75) is 39.9 Å². The molecular formula is C22H28N4O2. The molecule has 3 rings (SSSR count). The van der Waals surface area contributed by atoms with Crippen LogP contribution in [-0.2, 0) is 13.1 Å². The number of hydrogen-bond donors (Lipinski definition) is 1. The zero-order valence-electron chi connectivity index (χ0n) is 16.7. The van der Waals surface area contributed by atoms with Crippen LogP contribution < -0.4 is 5.32 Å². The van der Waals surface area contributed by atoms with E-state index in [1.165, 1.54) is 0 Å². The maximum Gasteiger partial charge on any atom is 0.318 e. The number of hydrogen-bond acceptors (Lipinski definition) is 3. The highest BCUT2D eigenvalue weighted by molar-refractivity contribution is 5.75. The van der Waals surface area contributed by atoms with Crippen molar-refractivity contribution in [2.75, 3.05) is 6.54 Å². The molecule has 0 unspecified atom stereocenters. The highest BCUT2D eigenvalue weighted by Crippen LogP contribution is 2.23. The molecule has 3 aromatic rings. The highest BCUT2D eigenvalue weighted by atomic mass is 16.3. The molecule has 28 heavy (non-hydrogen) atoms. The van der Waals surface area contributed by atoms with Gasteiger partial charge in [0, 0.05) is 24.8 Å². The maximum atomic E-state index is 13.2. The first kappa shape index (κ1) is 19.7. The molecule has 6 nitrogen and oxygen atoms in total. The number of furan rings is 1. The summed E-state index contributed by atoms with van der Waals surface area (Å²) in [6, 6.07) is 13.1. The van der Waals surface area contributed by atoms with Gasteiger partial charge in [-0.3, -0.25) is 4.68 Å². The number of carbonyl (C=O) groups is 1. The molecular weight excluding hydrogens is 352 g/mol. The van der Waals surface area contributed by atoms with Gasteiger partial charge in [0.15, 0.2) is 0 Å². The van der Waals surface area contributed by atoms with E-state index in [1.54, 1.807) is 6.26 Å². The van der Waals surface area contributed by atoms with Crippen LogP contribution in [0.4, 0.5) is 4.79 Å². The summed E-state index contributed by atoms with van der Waals surface area (Å²) >= 11 is 0. The Balaban J connectivity index is 1.80. The van der Waals surface area contributed by atoms with Gasteiger partial charge in [-0.25, -0.2) is 4.79 Å². The summed E-state index contributed by atoms with van der Waals surface area (Å²) in [5.74, 6) is 1.06. The van der Waals surface area contributed by atoms with Gasteiger partial charge in [-0.2, -0.15) is 5.10 Å². The lowest BCUT2D eigenvalue weighted by molar-refractivity contribution is 0.184. The van der Waals surface area contributed by atoms with Crippen molar-refractivity contribution in [2.24, 2.45) is 5.92 Å². The van der Waals surface area contributed by atoms with E-state index in [1.807, 2.05) is 71.4 Å². The number of aryl methyl sites for hydroxylation is 1. The zero-order chi connectivity index (χ0) is 19.9. The lowest BCUT2D eigenvalue weighted by Gasteiger charge is -2.27. The molecule has 0 spiro atoms. The number of aromatic nitrogens is 2. The number of carbonyl (C=O) groups excluding carboxylic acids is 1. The minimum Gasteiger partial charge on any atom is -0.467 e. The van der Waals surface area contributed by atoms with Gasteiger partial charge in [-0.15, -0.1) is 0 Å². The smallest absolute Gasteiger partial charge is 0.318 e. The van der Waals surface area contributed by atoms with Crippen molar-refractivity contribution < 1.29 is 9.21 Å². The summed E-state index contributed by atoms with van der Waals surface area (Å²) in [5, 5.41) is 7.47. The van der Waals surface area contributed by atoms with E-state index in [0.29, 0.717) is 24.8 Å². The maximum absolute atomic E-state index is 13.2. The largest absolute Gasteiger partial charge is 0.467 e. The lowest BCUT2D eigenvalue weighted by atomic mass is 10.0. The van der Waals surface area contributed by atoms with Crippen molar-refractivity contribution in [3.63, 3.8) is 0 Å². The fourth-order valence-corrected chi connectivity index (χ4v) is 3.18. The van der Waals surface area contributed by atoms with Crippen molar-refractivity contribution >= 4 is 6.03 Å². The third-order valence-electron chi connectivity index (χ3n) is 4.49. The lowest BCUT2D eigenvalue weighted by Crippen LogP contribution is -2.43. The monoisotopic (exact) mass is 380 g/mol. The molecule has 0 aliphatic rings. The van der Waals surface area contributed by atoms with Gasteiger partial charge in [0.1, 0.15) is 11.8 Å². The molecule has 2 heterocycles. The van der Waals surface area contributed by atoms with E-state index in [0.717, 1.165) is 17.7 Å². The molecule has 2 amide bonds. The van der Waals surface area contributed by atoms with Gasteiger partial charge >= 0.3 is 6.03 Å². The third-order valence-corrected chi connectivity index (χ3v) is 4.49. The summed E-state index contributed by atoms with van der Waals surface area (Å²) in [5.41, 5.74) is 2.00. The number of nitrogens with zero attached hydrogens (tertiary/aromatic N) is 3. The molecule has 0 aliphatic carbocycles. The molecule has 0 aliphatic heterocycles. The average molecular weight is 380 g/mol. The Morgan fingerprint density at radius 3 is 2.61 bits per heavy atom. The van der Waals surface area contributed by atoms with Crippen LogP contribution in [0.3, 0.4) is 0 Å². The van der Waals surface area contributed by atoms with Crippen molar-refractivity contribution in [1.82, 2.24) is 20.0 Å². The number of benzene rings is 1. The van der Waals surface area contributed by atoms with Crippen LogP contribution in [0.15, 0.2) is 65.5 Å². The molecule has 148 valence electrons.